The first-order valence-corrected chi connectivity index (χ1v) is 21.0. The number of hydrogen-bond acceptors (Lipinski definition) is 10. The Morgan fingerprint density at radius 1 is 0.906 bits per heavy atom. The van der Waals surface area contributed by atoms with E-state index in [4.69, 9.17) is 16.3 Å². The van der Waals surface area contributed by atoms with Gasteiger partial charge in [-0.2, -0.15) is 0 Å². The van der Waals surface area contributed by atoms with Crippen molar-refractivity contribution < 1.29 is 41.8 Å². The summed E-state index contributed by atoms with van der Waals surface area (Å²) in [7, 11) is 1.24. The Kier molecular flexibility index (Phi) is 13.2. The summed E-state index contributed by atoms with van der Waals surface area (Å²) in [6.07, 6.45) is 0.785. The number of imidazole rings is 2. The van der Waals surface area contributed by atoms with Crippen LogP contribution < -0.4 is 20.3 Å². The molecule has 5 atom stereocenters. The van der Waals surface area contributed by atoms with Gasteiger partial charge in [0.15, 0.2) is 0 Å². The molecule has 2 aliphatic rings. The summed E-state index contributed by atoms with van der Waals surface area (Å²) in [5, 5.41) is 5.19. The van der Waals surface area contributed by atoms with Crippen LogP contribution in [0.4, 0.5) is 29.5 Å². The van der Waals surface area contributed by atoms with Crippen LogP contribution in [0.2, 0.25) is 5.02 Å². The standard InChI is InChI=1S/C44H48ClF3N10O6/c1-23(2)38(55-43(62)63-6)42(61)58-19-24(3)13-35(58)39-51-18-33(53-39)28-9-7-27(8-10-28)30-14-31(45)32(15-36(30)64-44(46,47)48)54-40(59)29-11-12-37(50-16-29)56-20-26(5)57(21-25(56)4)41(60)34-17-49-22-52-34/h7-12,14-18,22-26,35,38H,13,19-21H2,1-6H3,(H,49,52)(H,51,53)(H,54,59)(H,55,62)/t24-,25+,26-,35-,38-/m0/s1. The number of likely N-dealkylation sites (tertiary alicyclic amines) is 1. The lowest BCUT2D eigenvalue weighted by molar-refractivity contribution is -0.274. The van der Waals surface area contributed by atoms with E-state index in [0.29, 0.717) is 60.2 Å². The number of methoxy groups -OCH3 is 1. The van der Waals surface area contributed by atoms with Crippen molar-refractivity contribution in [3.63, 3.8) is 0 Å². The normalized spacial score (nSPS) is 19.4. The number of alkyl halides is 3. The van der Waals surface area contributed by atoms with Gasteiger partial charge in [0, 0.05) is 49.5 Å². The van der Waals surface area contributed by atoms with E-state index in [1.165, 1.54) is 31.9 Å². The van der Waals surface area contributed by atoms with Crippen molar-refractivity contribution in [1.82, 2.24) is 40.0 Å². The maximum absolute atomic E-state index is 13.8. The number of rotatable bonds is 11. The molecule has 16 nitrogen and oxygen atoms in total. The number of nitrogens with zero attached hydrogens (tertiary/aromatic N) is 6. The van der Waals surface area contributed by atoms with E-state index in [1.807, 2.05) is 39.5 Å². The van der Waals surface area contributed by atoms with Crippen molar-refractivity contribution in [1.29, 1.82) is 0 Å². The minimum atomic E-state index is -5.07. The van der Waals surface area contributed by atoms with Crippen molar-refractivity contribution in [2.24, 2.45) is 11.8 Å². The van der Waals surface area contributed by atoms with E-state index in [1.54, 1.807) is 52.4 Å². The second-order valence-corrected chi connectivity index (χ2v) is 16.9. The van der Waals surface area contributed by atoms with Gasteiger partial charge in [0.05, 0.1) is 53.8 Å². The first-order chi connectivity index (χ1) is 30.4. The second-order valence-electron chi connectivity index (χ2n) is 16.5. The van der Waals surface area contributed by atoms with Crippen LogP contribution in [-0.4, -0.2) is 110 Å². The molecule has 0 aliphatic carbocycles. The van der Waals surface area contributed by atoms with Gasteiger partial charge in [-0.3, -0.25) is 14.4 Å². The number of alkyl carbamates (subject to hydrolysis) is 1. The van der Waals surface area contributed by atoms with E-state index < -0.39 is 30.2 Å². The number of pyridine rings is 1. The van der Waals surface area contributed by atoms with Gasteiger partial charge in [-0.15, -0.1) is 13.2 Å². The minimum absolute atomic E-state index is 0.0206. The molecule has 0 bridgehead atoms. The fraction of sp³-hybridized carbons (Fsp3) is 0.386. The zero-order valence-corrected chi connectivity index (χ0v) is 36.6. The molecular weight excluding hydrogens is 857 g/mol. The number of carbonyl (C=O) groups is 4. The third-order valence-electron chi connectivity index (χ3n) is 11.4. The largest absolute Gasteiger partial charge is 0.573 e. The number of piperazine rings is 1. The highest BCUT2D eigenvalue weighted by molar-refractivity contribution is 6.34. The Hall–Kier alpha value is -6.63. The molecule has 3 aromatic heterocycles. The minimum Gasteiger partial charge on any atom is -0.453 e. The van der Waals surface area contributed by atoms with Crippen LogP contribution in [-0.2, 0) is 9.53 Å². The summed E-state index contributed by atoms with van der Waals surface area (Å²) in [4.78, 5) is 76.8. The van der Waals surface area contributed by atoms with Gasteiger partial charge in [0.1, 0.15) is 29.1 Å². The molecule has 2 aliphatic heterocycles. The lowest BCUT2D eigenvalue weighted by atomic mass is 10.0. The number of aromatic nitrogens is 5. The molecule has 2 fully saturated rings. The first kappa shape index (κ1) is 45.4. The number of halogens is 4. The number of ether oxygens (including phenoxy) is 2. The second kappa shape index (κ2) is 18.6. The molecular formula is C44H48ClF3N10O6. The van der Waals surface area contributed by atoms with Gasteiger partial charge < -0.3 is 44.8 Å². The molecule has 7 rings (SSSR count). The van der Waals surface area contributed by atoms with Gasteiger partial charge in [-0.25, -0.2) is 19.7 Å². The van der Waals surface area contributed by atoms with Crippen molar-refractivity contribution >= 4 is 46.9 Å². The van der Waals surface area contributed by atoms with Crippen LogP contribution in [0.5, 0.6) is 5.75 Å². The summed E-state index contributed by atoms with van der Waals surface area (Å²) in [6, 6.07) is 10.7. The molecule has 0 saturated carbocycles. The zero-order chi connectivity index (χ0) is 46.0. The number of carbonyl (C=O) groups excluding carboxylic acids is 4. The Morgan fingerprint density at radius 3 is 2.28 bits per heavy atom. The van der Waals surface area contributed by atoms with Crippen LogP contribution in [0.1, 0.15) is 73.8 Å². The Bertz CT molecular complexity index is 2480. The molecule has 2 saturated heterocycles. The summed E-state index contributed by atoms with van der Waals surface area (Å²) in [5.74, 6) is -0.570. The van der Waals surface area contributed by atoms with E-state index in [-0.39, 0.29) is 63.6 Å². The van der Waals surface area contributed by atoms with Crippen LogP contribution in [0.25, 0.3) is 22.4 Å². The average Bonchev–Trinajstić information content (AvgIpc) is 4.06. The van der Waals surface area contributed by atoms with Crippen molar-refractivity contribution in [3.05, 3.63) is 95.6 Å². The predicted octanol–water partition coefficient (Wildman–Crippen LogP) is 7.70. The number of hydrogen-bond donors (Lipinski definition) is 4. The lowest BCUT2D eigenvalue weighted by Gasteiger charge is -2.44. The van der Waals surface area contributed by atoms with Gasteiger partial charge in [0.25, 0.3) is 11.8 Å². The van der Waals surface area contributed by atoms with E-state index in [0.717, 1.165) is 6.07 Å². The lowest BCUT2D eigenvalue weighted by Crippen LogP contribution is -2.58. The van der Waals surface area contributed by atoms with Gasteiger partial charge in [-0.1, -0.05) is 56.6 Å². The number of nitrogens with one attached hydrogen (secondary N) is 4. The Balaban J connectivity index is 1.05. The number of H-pyrrole nitrogens is 2. The molecule has 4 N–H and O–H groups in total. The molecule has 4 amide bonds. The summed E-state index contributed by atoms with van der Waals surface area (Å²) < 4.78 is 50.6. The highest BCUT2D eigenvalue weighted by Gasteiger charge is 2.40. The van der Waals surface area contributed by atoms with Crippen LogP contribution in [0.3, 0.4) is 0 Å². The highest BCUT2D eigenvalue weighted by atomic mass is 35.5. The molecule has 5 heterocycles. The van der Waals surface area contributed by atoms with Crippen LogP contribution in [0, 0.1) is 11.8 Å². The molecule has 0 spiro atoms. The molecule has 64 heavy (non-hydrogen) atoms. The number of anilines is 2. The monoisotopic (exact) mass is 904 g/mol. The average molecular weight is 905 g/mol. The topological polar surface area (TPSA) is 191 Å². The summed E-state index contributed by atoms with van der Waals surface area (Å²) in [6.45, 7) is 11.0. The highest BCUT2D eigenvalue weighted by Crippen LogP contribution is 2.41. The van der Waals surface area contributed by atoms with Crippen molar-refractivity contribution in [3.8, 4) is 28.1 Å². The Morgan fingerprint density at radius 2 is 1.64 bits per heavy atom. The van der Waals surface area contributed by atoms with Crippen LogP contribution in [0.15, 0.2) is 73.4 Å². The summed E-state index contributed by atoms with van der Waals surface area (Å²) >= 11 is 6.61. The van der Waals surface area contributed by atoms with E-state index in [9.17, 15) is 32.3 Å². The predicted molar refractivity (Wildman–Crippen MR) is 232 cm³/mol. The van der Waals surface area contributed by atoms with Crippen LogP contribution >= 0.6 is 11.6 Å². The molecule has 0 radical (unpaired) electrons. The fourth-order valence-corrected chi connectivity index (χ4v) is 8.34. The Labute approximate surface area is 371 Å². The third-order valence-corrected chi connectivity index (χ3v) is 11.7. The summed E-state index contributed by atoms with van der Waals surface area (Å²) in [5.41, 5.74) is 2.05. The molecule has 338 valence electrons. The van der Waals surface area contributed by atoms with E-state index in [2.05, 4.69) is 40.3 Å². The van der Waals surface area contributed by atoms with Gasteiger partial charge in [-0.05, 0) is 61.4 Å². The molecule has 5 aromatic rings. The fourth-order valence-electron chi connectivity index (χ4n) is 8.13. The van der Waals surface area contributed by atoms with Gasteiger partial charge in [0.2, 0.25) is 5.91 Å². The maximum Gasteiger partial charge on any atom is 0.573 e. The zero-order valence-electron chi connectivity index (χ0n) is 35.9. The number of aromatic amines is 2. The maximum atomic E-state index is 13.8. The van der Waals surface area contributed by atoms with Crippen molar-refractivity contribution in [2.75, 3.05) is 37.0 Å². The molecule has 20 heteroatoms. The van der Waals surface area contributed by atoms with Crippen molar-refractivity contribution in [2.45, 2.75) is 71.6 Å². The first-order valence-electron chi connectivity index (χ1n) is 20.6. The number of amides is 4. The quantitative estimate of drug-likeness (QED) is 0.102. The van der Waals surface area contributed by atoms with E-state index >= 15 is 0 Å². The molecule has 0 unspecified atom stereocenters. The smallest absolute Gasteiger partial charge is 0.453 e. The van der Waals surface area contributed by atoms with Gasteiger partial charge >= 0.3 is 12.5 Å². The third kappa shape index (κ3) is 9.93. The molecule has 2 aromatic carbocycles. The SMILES string of the molecule is COC(=O)N[C@H](C(=O)N1C[C@@H](C)C[C@H]1c1ncc(-c2ccc(-c3cc(Cl)c(NC(=O)c4ccc(N5C[C@H](C)N(C(=O)c6cnc[nH]6)C[C@H]5C)nc4)cc3OC(F)(F)F)cc2)[nH]1)C(C)C. The number of benzene rings is 2.